The maximum Gasteiger partial charge on any atom is 0.303 e. The molecule has 0 aromatic carbocycles. The summed E-state index contributed by atoms with van der Waals surface area (Å²) < 4.78 is 0. The third-order valence-electron chi connectivity index (χ3n) is 2.18. The van der Waals surface area contributed by atoms with Crippen LogP contribution in [0.4, 0.5) is 0 Å². The Morgan fingerprint density at radius 2 is 1.92 bits per heavy atom. The van der Waals surface area contributed by atoms with Crippen molar-refractivity contribution >= 4 is 5.97 Å². The molecule has 3 nitrogen and oxygen atoms in total. The van der Waals surface area contributed by atoms with Gasteiger partial charge in [0.1, 0.15) is 0 Å². The molecule has 0 amide bonds. The molecule has 0 saturated heterocycles. The molecule has 0 aromatic rings. The summed E-state index contributed by atoms with van der Waals surface area (Å²) in [7, 11) is 0. The first-order valence-electron chi connectivity index (χ1n) is 4.48. The van der Waals surface area contributed by atoms with Crippen LogP contribution in [0.1, 0.15) is 46.0 Å². The molecule has 0 bridgehead atoms. The molecule has 0 aliphatic carbocycles. The molecule has 0 heterocycles. The van der Waals surface area contributed by atoms with Gasteiger partial charge in [-0.15, -0.1) is 0 Å². The highest BCUT2D eigenvalue weighted by Crippen LogP contribution is 2.22. The summed E-state index contributed by atoms with van der Waals surface area (Å²) in [6.45, 7) is 3.87. The third kappa shape index (κ3) is 4.34. The van der Waals surface area contributed by atoms with Crippen LogP contribution in [0, 0.1) is 0 Å². The monoisotopic (exact) mass is 174 g/mol. The van der Waals surface area contributed by atoms with E-state index in [1.165, 1.54) is 0 Å². The highest BCUT2D eigenvalue weighted by Gasteiger charge is 2.23. The van der Waals surface area contributed by atoms with Crippen LogP contribution in [-0.2, 0) is 4.79 Å². The maximum absolute atomic E-state index is 10.3. The summed E-state index contributed by atoms with van der Waals surface area (Å²) >= 11 is 0. The minimum Gasteiger partial charge on any atom is -0.481 e. The minimum absolute atomic E-state index is 0.0599. The quantitative estimate of drug-likeness (QED) is 0.645. The van der Waals surface area contributed by atoms with Crippen molar-refractivity contribution in [1.29, 1.82) is 0 Å². The van der Waals surface area contributed by atoms with E-state index in [-0.39, 0.29) is 6.42 Å². The summed E-state index contributed by atoms with van der Waals surface area (Å²) in [5, 5.41) is 18.2. The van der Waals surface area contributed by atoms with Crippen LogP contribution in [0.25, 0.3) is 0 Å². The van der Waals surface area contributed by atoms with Crippen LogP contribution >= 0.6 is 0 Å². The van der Waals surface area contributed by atoms with Gasteiger partial charge in [0, 0.05) is 6.42 Å². The van der Waals surface area contributed by atoms with Crippen molar-refractivity contribution < 1.29 is 15.0 Å². The van der Waals surface area contributed by atoms with Crippen molar-refractivity contribution in [2.45, 2.75) is 51.6 Å². The van der Waals surface area contributed by atoms with Gasteiger partial charge in [0.15, 0.2) is 0 Å². The molecule has 0 saturated carbocycles. The molecule has 1 atom stereocenters. The number of hydrogen-bond acceptors (Lipinski definition) is 2. The lowest BCUT2D eigenvalue weighted by molar-refractivity contribution is -0.138. The van der Waals surface area contributed by atoms with Gasteiger partial charge in [-0.25, -0.2) is 0 Å². The van der Waals surface area contributed by atoms with Gasteiger partial charge >= 0.3 is 5.97 Å². The van der Waals surface area contributed by atoms with E-state index < -0.39 is 11.6 Å². The van der Waals surface area contributed by atoms with Crippen LogP contribution in [0.3, 0.4) is 0 Å². The normalized spacial score (nSPS) is 15.6. The second-order valence-corrected chi connectivity index (χ2v) is 3.22. The number of carboxylic acids is 1. The Bertz CT molecular complexity index is 145. The predicted molar refractivity (Wildman–Crippen MR) is 47.0 cm³/mol. The van der Waals surface area contributed by atoms with Gasteiger partial charge < -0.3 is 10.2 Å². The van der Waals surface area contributed by atoms with Gasteiger partial charge in [0.25, 0.3) is 0 Å². The van der Waals surface area contributed by atoms with E-state index in [1.54, 1.807) is 0 Å². The summed E-state index contributed by atoms with van der Waals surface area (Å²) in [5.41, 5.74) is -0.757. The largest absolute Gasteiger partial charge is 0.481 e. The summed E-state index contributed by atoms with van der Waals surface area (Å²) in [4.78, 5) is 10.3. The van der Waals surface area contributed by atoms with Gasteiger partial charge in [0.2, 0.25) is 0 Å². The Morgan fingerprint density at radius 1 is 1.33 bits per heavy atom. The van der Waals surface area contributed by atoms with Gasteiger partial charge in [-0.2, -0.15) is 0 Å². The average molecular weight is 174 g/mol. The van der Waals surface area contributed by atoms with Crippen molar-refractivity contribution in [1.82, 2.24) is 0 Å². The number of carboxylic acid groups (broad SMARTS) is 1. The SMILES string of the molecule is CCCC(O)(CC)CCC(=O)O. The first-order chi connectivity index (χ1) is 5.54. The molecule has 12 heavy (non-hydrogen) atoms. The first-order valence-corrected chi connectivity index (χ1v) is 4.48. The first kappa shape index (κ1) is 11.4. The molecule has 0 aromatic heterocycles. The minimum atomic E-state index is -0.835. The summed E-state index contributed by atoms with van der Waals surface area (Å²) in [6.07, 6.45) is 2.64. The fraction of sp³-hybridized carbons (Fsp3) is 0.889. The zero-order valence-electron chi connectivity index (χ0n) is 7.84. The van der Waals surface area contributed by atoms with Crippen LogP contribution in [0.5, 0.6) is 0 Å². The molecular formula is C9H18O3. The lowest BCUT2D eigenvalue weighted by Gasteiger charge is -2.25. The molecule has 0 fully saturated rings. The number of carbonyl (C=O) groups is 1. The van der Waals surface area contributed by atoms with Gasteiger partial charge in [-0.05, 0) is 19.3 Å². The lowest BCUT2D eigenvalue weighted by Crippen LogP contribution is -2.28. The Balaban J connectivity index is 3.86. The Kier molecular flexibility index (Phi) is 4.90. The third-order valence-corrected chi connectivity index (χ3v) is 2.18. The highest BCUT2D eigenvalue weighted by atomic mass is 16.4. The topological polar surface area (TPSA) is 57.5 Å². The summed E-state index contributed by atoms with van der Waals surface area (Å²) in [5.74, 6) is -0.835. The second kappa shape index (κ2) is 5.14. The number of aliphatic hydroxyl groups is 1. The fourth-order valence-corrected chi connectivity index (χ4v) is 1.28. The Morgan fingerprint density at radius 3 is 2.25 bits per heavy atom. The van der Waals surface area contributed by atoms with Crippen molar-refractivity contribution in [3.8, 4) is 0 Å². The molecule has 0 radical (unpaired) electrons. The van der Waals surface area contributed by atoms with Crippen molar-refractivity contribution in [2.75, 3.05) is 0 Å². The number of hydrogen-bond donors (Lipinski definition) is 2. The van der Waals surface area contributed by atoms with Gasteiger partial charge in [-0.1, -0.05) is 20.3 Å². The van der Waals surface area contributed by atoms with Crippen LogP contribution in [0.2, 0.25) is 0 Å². The van der Waals surface area contributed by atoms with Gasteiger partial charge in [0.05, 0.1) is 5.60 Å². The fourth-order valence-electron chi connectivity index (χ4n) is 1.28. The zero-order valence-corrected chi connectivity index (χ0v) is 7.84. The van der Waals surface area contributed by atoms with Crippen LogP contribution in [-0.4, -0.2) is 21.8 Å². The van der Waals surface area contributed by atoms with E-state index >= 15 is 0 Å². The van der Waals surface area contributed by atoms with Gasteiger partial charge in [-0.3, -0.25) is 4.79 Å². The Hall–Kier alpha value is -0.570. The van der Waals surface area contributed by atoms with E-state index in [9.17, 15) is 9.90 Å². The number of aliphatic carboxylic acids is 1. The molecule has 0 spiro atoms. The Labute approximate surface area is 73.4 Å². The maximum atomic E-state index is 10.3. The molecule has 0 rings (SSSR count). The van der Waals surface area contributed by atoms with E-state index in [0.29, 0.717) is 19.3 Å². The molecule has 0 aliphatic heterocycles. The standard InChI is InChI=1S/C9H18O3/c1-3-6-9(12,4-2)7-5-8(10)11/h12H,3-7H2,1-2H3,(H,10,11). The molecule has 72 valence electrons. The summed E-state index contributed by atoms with van der Waals surface area (Å²) in [6, 6.07) is 0. The van der Waals surface area contributed by atoms with E-state index in [1.807, 2.05) is 13.8 Å². The molecule has 3 heteroatoms. The number of rotatable bonds is 6. The molecular weight excluding hydrogens is 156 g/mol. The molecule has 1 unspecified atom stereocenters. The van der Waals surface area contributed by atoms with Crippen molar-refractivity contribution in [2.24, 2.45) is 0 Å². The molecule has 2 N–H and O–H groups in total. The van der Waals surface area contributed by atoms with Crippen molar-refractivity contribution in [3.63, 3.8) is 0 Å². The smallest absolute Gasteiger partial charge is 0.303 e. The van der Waals surface area contributed by atoms with Crippen LogP contribution in [0.15, 0.2) is 0 Å². The van der Waals surface area contributed by atoms with Crippen molar-refractivity contribution in [3.05, 3.63) is 0 Å². The van der Waals surface area contributed by atoms with E-state index in [2.05, 4.69) is 0 Å². The molecule has 0 aliphatic rings. The average Bonchev–Trinajstić information content (AvgIpc) is 2.02. The lowest BCUT2D eigenvalue weighted by atomic mass is 9.90. The predicted octanol–water partition coefficient (Wildman–Crippen LogP) is 1.79. The second-order valence-electron chi connectivity index (χ2n) is 3.22. The zero-order chi connectivity index (χ0) is 9.61. The van der Waals surface area contributed by atoms with E-state index in [0.717, 1.165) is 6.42 Å². The van der Waals surface area contributed by atoms with Crippen LogP contribution < -0.4 is 0 Å². The highest BCUT2D eigenvalue weighted by molar-refractivity contribution is 5.66. The van der Waals surface area contributed by atoms with E-state index in [4.69, 9.17) is 5.11 Å².